The second-order valence-corrected chi connectivity index (χ2v) is 3.07. The molecule has 0 aliphatic carbocycles. The van der Waals surface area contributed by atoms with Crippen molar-refractivity contribution < 1.29 is 17.3 Å². The first-order chi connectivity index (χ1) is 5.88. The minimum Gasteiger partial charge on any atom is -0.449 e. The molecular weight excluding hydrogens is 206 g/mol. The zero-order chi connectivity index (χ0) is 10.1. The average molecular weight is 211 g/mol. The summed E-state index contributed by atoms with van der Waals surface area (Å²) in [5.74, 6) is -0.708. The Morgan fingerprint density at radius 2 is 1.85 bits per heavy atom. The molecule has 1 aromatic carbocycles. The lowest BCUT2D eigenvalue weighted by Gasteiger charge is -2.13. The van der Waals surface area contributed by atoms with E-state index in [0.717, 1.165) is 18.2 Å². The van der Waals surface area contributed by atoms with Crippen LogP contribution in [0, 0.1) is 5.82 Å². The summed E-state index contributed by atoms with van der Waals surface area (Å²) < 4.78 is 48.2. The Balaban J connectivity index is 2.86. The van der Waals surface area contributed by atoms with Crippen LogP contribution in [0.3, 0.4) is 0 Å². The summed E-state index contributed by atoms with van der Waals surface area (Å²) in [6.45, 7) is -4.89. The number of rotatable bonds is 2. The van der Waals surface area contributed by atoms with E-state index in [1.807, 2.05) is 0 Å². The van der Waals surface area contributed by atoms with Crippen LogP contribution in [0.2, 0.25) is 5.02 Å². The molecule has 0 heterocycles. The molecule has 0 saturated carbocycles. The van der Waals surface area contributed by atoms with Gasteiger partial charge in [-0.1, -0.05) is 29.6 Å². The maximum Gasteiger partial charge on any atom is 0.482 e. The van der Waals surface area contributed by atoms with E-state index in [-0.39, 0.29) is 10.6 Å². The first-order valence-electron chi connectivity index (χ1n) is 3.53. The van der Waals surface area contributed by atoms with Crippen molar-refractivity contribution in [3.63, 3.8) is 0 Å². The molecule has 0 saturated heterocycles. The molecule has 0 nitrogen and oxygen atoms in total. The van der Waals surface area contributed by atoms with E-state index >= 15 is 0 Å². The van der Waals surface area contributed by atoms with Crippen LogP contribution in [-0.4, -0.2) is 6.98 Å². The topological polar surface area (TPSA) is 0 Å². The van der Waals surface area contributed by atoms with Crippen LogP contribution in [0.25, 0.3) is 0 Å². The molecule has 0 aromatic heterocycles. The molecule has 0 bridgehead atoms. The maximum absolute atomic E-state index is 12.5. The van der Waals surface area contributed by atoms with Crippen LogP contribution in [0.4, 0.5) is 17.3 Å². The standard InChI is InChI=1S/C7H5BClF4/c9-6-3-5(1-2-7(6)10)4-8(11,12)13/h1-3H,4H2/q-1. The Hall–Kier alpha value is -0.705. The fourth-order valence-corrected chi connectivity index (χ4v) is 1.14. The molecule has 0 radical (unpaired) electrons. The van der Waals surface area contributed by atoms with E-state index in [9.17, 15) is 17.3 Å². The monoisotopic (exact) mass is 211 g/mol. The summed E-state index contributed by atoms with van der Waals surface area (Å²) >= 11 is 5.31. The van der Waals surface area contributed by atoms with Gasteiger partial charge in [0.15, 0.2) is 0 Å². The van der Waals surface area contributed by atoms with E-state index in [4.69, 9.17) is 11.6 Å². The van der Waals surface area contributed by atoms with E-state index in [0.29, 0.717) is 0 Å². The normalized spacial score (nSPS) is 11.8. The number of hydrogen-bond acceptors (Lipinski definition) is 0. The molecule has 1 aromatic rings. The fraction of sp³-hybridized carbons (Fsp3) is 0.143. The Labute approximate surface area is 77.6 Å². The summed E-state index contributed by atoms with van der Waals surface area (Å²) in [5.41, 5.74) is -0.0149. The number of benzene rings is 1. The number of hydrogen-bond donors (Lipinski definition) is 0. The largest absolute Gasteiger partial charge is 0.482 e. The Morgan fingerprint density at radius 3 is 2.31 bits per heavy atom. The highest BCUT2D eigenvalue weighted by molar-refractivity contribution is 6.57. The van der Waals surface area contributed by atoms with Crippen molar-refractivity contribution in [1.29, 1.82) is 0 Å². The third-order valence-corrected chi connectivity index (χ3v) is 1.74. The lowest BCUT2D eigenvalue weighted by Crippen LogP contribution is -2.19. The highest BCUT2D eigenvalue weighted by Gasteiger charge is 2.23. The van der Waals surface area contributed by atoms with Gasteiger partial charge in [0.1, 0.15) is 5.82 Å². The highest BCUT2D eigenvalue weighted by Crippen LogP contribution is 2.21. The second-order valence-electron chi connectivity index (χ2n) is 2.66. The van der Waals surface area contributed by atoms with Crippen LogP contribution in [0.5, 0.6) is 0 Å². The van der Waals surface area contributed by atoms with Crippen LogP contribution in [0.15, 0.2) is 18.2 Å². The first kappa shape index (κ1) is 10.4. The molecule has 13 heavy (non-hydrogen) atoms. The Morgan fingerprint density at radius 1 is 1.23 bits per heavy atom. The van der Waals surface area contributed by atoms with Gasteiger partial charge in [-0.05, 0) is 12.1 Å². The van der Waals surface area contributed by atoms with Gasteiger partial charge in [0.2, 0.25) is 0 Å². The lowest BCUT2D eigenvalue weighted by molar-refractivity contribution is 0.468. The van der Waals surface area contributed by atoms with Gasteiger partial charge in [-0.15, -0.1) is 0 Å². The molecule has 0 N–H and O–H groups in total. The predicted molar refractivity (Wildman–Crippen MR) is 44.2 cm³/mol. The van der Waals surface area contributed by atoms with Gasteiger partial charge >= 0.3 is 6.98 Å². The molecule has 72 valence electrons. The fourth-order valence-electron chi connectivity index (χ4n) is 0.934. The molecular formula is C7H5BClF4-. The van der Waals surface area contributed by atoms with Gasteiger partial charge in [0.25, 0.3) is 0 Å². The maximum atomic E-state index is 12.5. The zero-order valence-electron chi connectivity index (χ0n) is 6.41. The zero-order valence-corrected chi connectivity index (χ0v) is 7.16. The Kier molecular flexibility index (Phi) is 2.85. The predicted octanol–water partition coefficient (Wildman–Crippen LogP) is 3.41. The first-order valence-corrected chi connectivity index (χ1v) is 3.91. The molecule has 0 fully saturated rings. The minimum atomic E-state index is -4.89. The molecule has 1 rings (SSSR count). The van der Waals surface area contributed by atoms with Gasteiger partial charge in [-0.25, -0.2) is 4.39 Å². The van der Waals surface area contributed by atoms with Crippen molar-refractivity contribution in [2.24, 2.45) is 0 Å². The van der Waals surface area contributed by atoms with E-state index in [1.165, 1.54) is 0 Å². The molecule has 0 unspecified atom stereocenters. The molecule has 0 aliphatic heterocycles. The average Bonchev–Trinajstić information content (AvgIpc) is 1.94. The van der Waals surface area contributed by atoms with Gasteiger partial charge < -0.3 is 12.9 Å². The Bertz CT molecular complexity index is 310. The molecule has 0 amide bonds. The third kappa shape index (κ3) is 3.26. The van der Waals surface area contributed by atoms with Crippen LogP contribution in [-0.2, 0) is 6.32 Å². The van der Waals surface area contributed by atoms with Crippen LogP contribution < -0.4 is 0 Å². The van der Waals surface area contributed by atoms with Gasteiger partial charge in [-0.2, -0.15) is 0 Å². The summed E-state index contributed by atoms with van der Waals surface area (Å²) in [6.07, 6.45) is -1.03. The van der Waals surface area contributed by atoms with Crippen molar-refractivity contribution in [2.75, 3.05) is 0 Å². The molecule has 0 aliphatic rings. The van der Waals surface area contributed by atoms with Crippen molar-refractivity contribution in [1.82, 2.24) is 0 Å². The smallest absolute Gasteiger partial charge is 0.449 e. The quantitative estimate of drug-likeness (QED) is 0.519. The van der Waals surface area contributed by atoms with Gasteiger partial charge in [0, 0.05) is 0 Å². The summed E-state index contributed by atoms with van der Waals surface area (Å²) in [4.78, 5) is 0. The summed E-state index contributed by atoms with van der Waals surface area (Å²) in [7, 11) is 0. The van der Waals surface area contributed by atoms with Crippen molar-refractivity contribution in [3.8, 4) is 0 Å². The van der Waals surface area contributed by atoms with E-state index < -0.39 is 19.1 Å². The van der Waals surface area contributed by atoms with E-state index in [2.05, 4.69) is 0 Å². The molecule has 6 heteroatoms. The summed E-state index contributed by atoms with van der Waals surface area (Å²) in [6, 6.07) is 3.00. The van der Waals surface area contributed by atoms with Crippen molar-refractivity contribution >= 4 is 18.6 Å². The SMILES string of the molecule is Fc1ccc(C[B-](F)(F)F)cc1Cl. The van der Waals surface area contributed by atoms with Crippen LogP contribution in [0.1, 0.15) is 5.56 Å². The van der Waals surface area contributed by atoms with Gasteiger partial charge in [0.05, 0.1) is 5.02 Å². The van der Waals surface area contributed by atoms with Crippen LogP contribution >= 0.6 is 11.6 Å². The second kappa shape index (κ2) is 3.58. The third-order valence-electron chi connectivity index (χ3n) is 1.45. The van der Waals surface area contributed by atoms with Crippen molar-refractivity contribution in [2.45, 2.75) is 6.32 Å². The summed E-state index contributed by atoms with van der Waals surface area (Å²) in [5, 5.41) is -0.280. The lowest BCUT2D eigenvalue weighted by atomic mass is 9.82. The van der Waals surface area contributed by atoms with E-state index in [1.54, 1.807) is 0 Å². The van der Waals surface area contributed by atoms with Crippen molar-refractivity contribution in [3.05, 3.63) is 34.6 Å². The molecule has 0 atom stereocenters. The molecule has 0 spiro atoms. The van der Waals surface area contributed by atoms with Gasteiger partial charge in [-0.3, -0.25) is 0 Å². The number of halogens is 5. The minimum absolute atomic E-state index is 0.0149. The highest BCUT2D eigenvalue weighted by atomic mass is 35.5.